The Morgan fingerprint density at radius 1 is 1.03 bits per heavy atom. The number of nitro groups is 1. The van der Waals surface area contributed by atoms with E-state index >= 15 is 0 Å². The summed E-state index contributed by atoms with van der Waals surface area (Å²) >= 11 is 0. The van der Waals surface area contributed by atoms with E-state index in [1.807, 2.05) is 0 Å². The van der Waals surface area contributed by atoms with E-state index in [9.17, 15) is 28.1 Å². The quantitative estimate of drug-likeness (QED) is 0.364. The fraction of sp³-hybridized carbons (Fsp3) is 0.0500. The minimum atomic E-state index is -4.52. The zero-order chi connectivity index (χ0) is 20.8. The zero-order valence-corrected chi connectivity index (χ0v) is 14.5. The molecule has 2 heterocycles. The van der Waals surface area contributed by atoms with E-state index in [0.29, 0.717) is 5.56 Å². The molecule has 4 rings (SSSR count). The van der Waals surface area contributed by atoms with Gasteiger partial charge in [0.25, 0.3) is 11.6 Å². The highest BCUT2D eigenvalue weighted by Crippen LogP contribution is 2.39. The first-order valence-corrected chi connectivity index (χ1v) is 8.32. The Bertz CT molecular complexity index is 1180. The number of nitrogens with zero attached hydrogens (tertiary/aromatic N) is 1. The van der Waals surface area contributed by atoms with Gasteiger partial charge in [0.05, 0.1) is 21.6 Å². The minimum absolute atomic E-state index is 0.0570. The van der Waals surface area contributed by atoms with Crippen LogP contribution in [-0.2, 0) is 11.0 Å². The number of nitrogens with one attached hydrogen (secondary N) is 1. The lowest BCUT2D eigenvalue weighted by molar-refractivity contribution is -0.384. The molecule has 1 aliphatic heterocycles. The van der Waals surface area contributed by atoms with Gasteiger partial charge in [-0.3, -0.25) is 14.9 Å². The molecule has 0 bridgehead atoms. The van der Waals surface area contributed by atoms with Crippen LogP contribution in [-0.4, -0.2) is 10.8 Å². The lowest BCUT2D eigenvalue weighted by Gasteiger charge is -2.07. The number of nitro benzene ring substituents is 1. The molecule has 1 aromatic heterocycles. The van der Waals surface area contributed by atoms with Gasteiger partial charge in [-0.1, -0.05) is 18.2 Å². The molecule has 1 aliphatic rings. The molecule has 29 heavy (non-hydrogen) atoms. The molecular formula is C20H11F3N2O4. The molecule has 0 fully saturated rings. The number of halogens is 3. The average Bonchev–Trinajstić information content (AvgIpc) is 3.25. The van der Waals surface area contributed by atoms with E-state index in [1.165, 1.54) is 42.5 Å². The fourth-order valence-corrected chi connectivity index (χ4v) is 3.07. The van der Waals surface area contributed by atoms with Crippen molar-refractivity contribution in [1.29, 1.82) is 0 Å². The summed E-state index contributed by atoms with van der Waals surface area (Å²) in [5, 5.41) is 13.6. The van der Waals surface area contributed by atoms with E-state index in [2.05, 4.69) is 5.32 Å². The van der Waals surface area contributed by atoms with Crippen LogP contribution < -0.4 is 5.32 Å². The number of carbonyl (C=O) groups is 1. The molecule has 0 radical (unpaired) electrons. The smallest absolute Gasteiger partial charge is 0.416 e. The lowest BCUT2D eigenvalue weighted by atomic mass is 10.0. The number of benzene rings is 2. The van der Waals surface area contributed by atoms with Crippen LogP contribution in [0.3, 0.4) is 0 Å². The number of fused-ring (bicyclic) bond motifs is 1. The molecule has 1 N–H and O–H groups in total. The first-order chi connectivity index (χ1) is 13.7. The van der Waals surface area contributed by atoms with Crippen molar-refractivity contribution in [3.05, 3.63) is 81.6 Å². The number of rotatable bonds is 3. The number of hydrogen-bond donors (Lipinski definition) is 1. The number of hydrogen-bond acceptors (Lipinski definition) is 4. The third-order valence-corrected chi connectivity index (χ3v) is 4.41. The molecule has 9 heteroatoms. The number of anilines is 1. The molecular weight excluding hydrogens is 389 g/mol. The van der Waals surface area contributed by atoms with Gasteiger partial charge in [-0.25, -0.2) is 0 Å². The van der Waals surface area contributed by atoms with E-state index in [1.54, 1.807) is 6.07 Å². The summed E-state index contributed by atoms with van der Waals surface area (Å²) in [5.74, 6) is -0.103. The van der Waals surface area contributed by atoms with Gasteiger partial charge in [0.15, 0.2) is 0 Å². The topological polar surface area (TPSA) is 85.4 Å². The van der Waals surface area contributed by atoms with Crippen LogP contribution in [0.2, 0.25) is 0 Å². The summed E-state index contributed by atoms with van der Waals surface area (Å²) in [6.45, 7) is 0. The largest absolute Gasteiger partial charge is 0.456 e. The predicted molar refractivity (Wildman–Crippen MR) is 98.7 cm³/mol. The molecule has 2 aromatic carbocycles. The monoisotopic (exact) mass is 400 g/mol. The third-order valence-electron chi connectivity index (χ3n) is 4.41. The number of amides is 1. The van der Waals surface area contributed by atoms with Gasteiger partial charge < -0.3 is 9.73 Å². The molecule has 6 nitrogen and oxygen atoms in total. The Labute approximate surface area is 161 Å². The SMILES string of the molecule is O=C1Nc2cc(C(F)(F)F)ccc2/C1=C/c1ccc(-c2ccccc2[N+](=O)[O-])o1. The van der Waals surface area contributed by atoms with Crippen LogP contribution in [0.15, 0.2) is 59.0 Å². The van der Waals surface area contributed by atoms with Crippen molar-refractivity contribution in [2.75, 3.05) is 5.32 Å². The summed E-state index contributed by atoms with van der Waals surface area (Å²) in [6.07, 6.45) is -3.14. The number of carbonyl (C=O) groups excluding carboxylic acids is 1. The standard InChI is InChI=1S/C20H11F3N2O4/c21-20(22,23)11-5-7-13-15(19(26)24-16(13)9-11)10-12-6-8-18(29-12)14-3-1-2-4-17(14)25(27)28/h1-10H,(H,24,26)/b15-10-. The van der Waals surface area contributed by atoms with Crippen LogP contribution in [0.25, 0.3) is 23.0 Å². The van der Waals surface area contributed by atoms with E-state index < -0.39 is 22.6 Å². The second-order valence-corrected chi connectivity index (χ2v) is 6.25. The Morgan fingerprint density at radius 2 is 1.79 bits per heavy atom. The van der Waals surface area contributed by atoms with Gasteiger partial charge in [0.2, 0.25) is 0 Å². The van der Waals surface area contributed by atoms with Crippen molar-refractivity contribution in [3.8, 4) is 11.3 Å². The molecule has 1 amide bonds. The zero-order valence-electron chi connectivity index (χ0n) is 14.5. The van der Waals surface area contributed by atoms with Crippen molar-refractivity contribution in [2.24, 2.45) is 0 Å². The summed E-state index contributed by atoms with van der Waals surface area (Å²) in [4.78, 5) is 22.9. The lowest BCUT2D eigenvalue weighted by Crippen LogP contribution is -2.06. The van der Waals surface area contributed by atoms with Crippen molar-refractivity contribution >= 4 is 28.9 Å². The van der Waals surface area contributed by atoms with Crippen LogP contribution in [0, 0.1) is 10.1 Å². The van der Waals surface area contributed by atoms with Crippen molar-refractivity contribution in [1.82, 2.24) is 0 Å². The Kier molecular flexibility index (Phi) is 4.22. The van der Waals surface area contributed by atoms with Gasteiger partial charge in [-0.15, -0.1) is 0 Å². The molecule has 0 saturated heterocycles. The summed E-state index contributed by atoms with van der Waals surface area (Å²) < 4.78 is 44.2. The molecule has 0 saturated carbocycles. The van der Waals surface area contributed by atoms with Crippen LogP contribution >= 0.6 is 0 Å². The Morgan fingerprint density at radius 3 is 2.52 bits per heavy atom. The third kappa shape index (κ3) is 3.38. The highest BCUT2D eigenvalue weighted by Gasteiger charge is 2.33. The Balaban J connectivity index is 1.71. The predicted octanol–water partition coefficient (Wildman–Crippen LogP) is 5.37. The maximum absolute atomic E-state index is 12.9. The maximum atomic E-state index is 12.9. The van der Waals surface area contributed by atoms with Crippen molar-refractivity contribution in [2.45, 2.75) is 6.18 Å². The second kappa shape index (κ2) is 6.62. The molecule has 146 valence electrons. The summed E-state index contributed by atoms with van der Waals surface area (Å²) in [5.41, 5.74) is -0.224. The minimum Gasteiger partial charge on any atom is -0.456 e. The molecule has 0 aliphatic carbocycles. The molecule has 0 unspecified atom stereocenters. The fourth-order valence-electron chi connectivity index (χ4n) is 3.07. The maximum Gasteiger partial charge on any atom is 0.416 e. The Hall–Kier alpha value is -3.88. The molecule has 0 spiro atoms. The van der Waals surface area contributed by atoms with Gasteiger partial charge >= 0.3 is 6.18 Å². The van der Waals surface area contributed by atoms with E-state index in [4.69, 9.17) is 4.42 Å². The van der Waals surface area contributed by atoms with E-state index in [0.717, 1.165) is 12.1 Å². The highest BCUT2D eigenvalue weighted by atomic mass is 19.4. The van der Waals surface area contributed by atoms with Crippen LogP contribution in [0.4, 0.5) is 24.5 Å². The summed E-state index contributed by atoms with van der Waals surface area (Å²) in [6, 6.07) is 12.1. The summed E-state index contributed by atoms with van der Waals surface area (Å²) in [7, 11) is 0. The van der Waals surface area contributed by atoms with Gasteiger partial charge in [-0.2, -0.15) is 13.2 Å². The van der Waals surface area contributed by atoms with Crippen LogP contribution in [0.1, 0.15) is 16.9 Å². The van der Waals surface area contributed by atoms with Gasteiger partial charge in [0.1, 0.15) is 11.5 Å². The average molecular weight is 400 g/mol. The number of alkyl halides is 3. The van der Waals surface area contributed by atoms with Gasteiger partial charge in [-0.05, 0) is 36.4 Å². The first-order valence-electron chi connectivity index (χ1n) is 8.32. The van der Waals surface area contributed by atoms with Crippen molar-refractivity contribution in [3.63, 3.8) is 0 Å². The normalized spacial score (nSPS) is 14.7. The van der Waals surface area contributed by atoms with Crippen molar-refractivity contribution < 1.29 is 27.3 Å². The number of para-hydroxylation sites is 1. The number of furan rings is 1. The van der Waals surface area contributed by atoms with E-state index in [-0.39, 0.29) is 34.0 Å². The van der Waals surface area contributed by atoms with Gasteiger partial charge in [0, 0.05) is 17.3 Å². The molecule has 0 atom stereocenters. The first kappa shape index (κ1) is 18.5. The highest BCUT2D eigenvalue weighted by molar-refractivity contribution is 6.34. The van der Waals surface area contributed by atoms with Crippen LogP contribution in [0.5, 0.6) is 0 Å². The second-order valence-electron chi connectivity index (χ2n) is 6.25. The molecule has 3 aromatic rings.